The Kier molecular flexibility index (Phi) is 3.78. The molecule has 1 aromatic heterocycles. The van der Waals surface area contributed by atoms with Crippen LogP contribution in [0, 0.1) is 0 Å². The summed E-state index contributed by atoms with van der Waals surface area (Å²) in [7, 11) is 0. The van der Waals surface area contributed by atoms with Crippen molar-refractivity contribution in [2.75, 3.05) is 6.61 Å². The molecule has 0 aliphatic carbocycles. The van der Waals surface area contributed by atoms with Crippen molar-refractivity contribution in [3.8, 4) is 11.1 Å². The quantitative estimate of drug-likeness (QED) is 0.788. The molecule has 1 unspecified atom stereocenters. The van der Waals surface area contributed by atoms with E-state index in [-0.39, 0.29) is 6.23 Å². The highest BCUT2D eigenvalue weighted by Crippen LogP contribution is 2.30. The lowest BCUT2D eigenvalue weighted by Gasteiger charge is -2.22. The molecule has 1 N–H and O–H groups in total. The number of benzene rings is 2. The van der Waals surface area contributed by atoms with Gasteiger partial charge in [0.1, 0.15) is 6.23 Å². The molecule has 0 spiro atoms. The SMILES string of the molecule is O=C(O)c1ccc2c(-c3cnn(C4CCCCO4)c3)cccc2c1. The number of hydrogen-bond acceptors (Lipinski definition) is 3. The van der Waals surface area contributed by atoms with Crippen LogP contribution in [0.4, 0.5) is 0 Å². The molecule has 0 amide bonds. The average Bonchev–Trinajstić information content (AvgIpc) is 3.11. The third kappa shape index (κ3) is 2.67. The molecule has 1 fully saturated rings. The Labute approximate surface area is 139 Å². The van der Waals surface area contributed by atoms with E-state index < -0.39 is 5.97 Å². The number of fused-ring (bicyclic) bond motifs is 1. The van der Waals surface area contributed by atoms with Crippen LogP contribution >= 0.6 is 0 Å². The van der Waals surface area contributed by atoms with Crippen LogP contribution < -0.4 is 0 Å². The second kappa shape index (κ2) is 6.09. The summed E-state index contributed by atoms with van der Waals surface area (Å²) < 4.78 is 7.67. The van der Waals surface area contributed by atoms with Gasteiger partial charge in [0.25, 0.3) is 0 Å². The third-order valence-electron chi connectivity index (χ3n) is 4.49. The summed E-state index contributed by atoms with van der Waals surface area (Å²) >= 11 is 0. The highest BCUT2D eigenvalue weighted by atomic mass is 16.5. The van der Waals surface area contributed by atoms with Crippen molar-refractivity contribution < 1.29 is 14.6 Å². The van der Waals surface area contributed by atoms with Crippen molar-refractivity contribution in [1.82, 2.24) is 9.78 Å². The van der Waals surface area contributed by atoms with E-state index in [1.165, 1.54) is 0 Å². The highest BCUT2D eigenvalue weighted by molar-refractivity contribution is 6.00. The normalized spacial score (nSPS) is 17.9. The first kappa shape index (κ1) is 14.9. The van der Waals surface area contributed by atoms with E-state index in [1.54, 1.807) is 12.1 Å². The molecule has 1 atom stereocenters. The average molecular weight is 322 g/mol. The summed E-state index contributed by atoms with van der Waals surface area (Å²) in [5, 5.41) is 15.5. The summed E-state index contributed by atoms with van der Waals surface area (Å²) in [4.78, 5) is 11.2. The van der Waals surface area contributed by atoms with E-state index in [0.717, 1.165) is 47.8 Å². The molecule has 1 aliphatic rings. The van der Waals surface area contributed by atoms with Gasteiger partial charge in [-0.1, -0.05) is 24.3 Å². The molecule has 5 nitrogen and oxygen atoms in total. The Hall–Kier alpha value is -2.66. The first-order chi connectivity index (χ1) is 11.7. The number of rotatable bonds is 3. The molecule has 4 rings (SSSR count). The summed E-state index contributed by atoms with van der Waals surface area (Å²) in [6.45, 7) is 0.784. The number of aromatic nitrogens is 2. The first-order valence-corrected chi connectivity index (χ1v) is 8.14. The van der Waals surface area contributed by atoms with Crippen molar-refractivity contribution in [2.24, 2.45) is 0 Å². The molecule has 3 aromatic rings. The molecule has 122 valence electrons. The van der Waals surface area contributed by atoms with Crippen molar-refractivity contribution in [1.29, 1.82) is 0 Å². The molecular formula is C19H18N2O3. The molecular weight excluding hydrogens is 304 g/mol. The van der Waals surface area contributed by atoms with Crippen molar-refractivity contribution >= 4 is 16.7 Å². The van der Waals surface area contributed by atoms with Gasteiger partial charge in [0.15, 0.2) is 0 Å². The Balaban J connectivity index is 1.73. The minimum absolute atomic E-state index is 0.0149. The Bertz CT molecular complexity index is 895. The first-order valence-electron chi connectivity index (χ1n) is 8.14. The Morgan fingerprint density at radius 2 is 2.17 bits per heavy atom. The Morgan fingerprint density at radius 3 is 2.96 bits per heavy atom. The van der Waals surface area contributed by atoms with Gasteiger partial charge >= 0.3 is 5.97 Å². The molecule has 1 saturated heterocycles. The maximum absolute atomic E-state index is 11.2. The number of carboxylic acids is 1. The van der Waals surface area contributed by atoms with E-state index in [9.17, 15) is 4.79 Å². The Morgan fingerprint density at radius 1 is 1.25 bits per heavy atom. The number of carboxylic acid groups (broad SMARTS) is 1. The third-order valence-corrected chi connectivity index (χ3v) is 4.49. The lowest BCUT2D eigenvalue weighted by Crippen LogP contribution is -2.18. The van der Waals surface area contributed by atoms with Gasteiger partial charge in [-0.3, -0.25) is 0 Å². The lowest BCUT2D eigenvalue weighted by molar-refractivity contribution is -0.0394. The van der Waals surface area contributed by atoms with Crippen LogP contribution in [0.15, 0.2) is 48.8 Å². The van der Waals surface area contributed by atoms with Gasteiger partial charge in [0, 0.05) is 18.4 Å². The van der Waals surface area contributed by atoms with Gasteiger partial charge in [0.2, 0.25) is 0 Å². The molecule has 5 heteroatoms. The summed E-state index contributed by atoms with van der Waals surface area (Å²) in [5.41, 5.74) is 2.36. The molecule has 0 saturated carbocycles. The minimum atomic E-state index is -0.912. The van der Waals surface area contributed by atoms with E-state index in [2.05, 4.69) is 5.10 Å². The smallest absolute Gasteiger partial charge is 0.335 e. The van der Waals surface area contributed by atoms with Crippen molar-refractivity contribution in [2.45, 2.75) is 25.5 Å². The van der Waals surface area contributed by atoms with Gasteiger partial charge in [-0.25, -0.2) is 9.48 Å². The number of carbonyl (C=O) groups is 1. The van der Waals surface area contributed by atoms with Gasteiger partial charge < -0.3 is 9.84 Å². The fourth-order valence-corrected chi connectivity index (χ4v) is 3.24. The monoisotopic (exact) mass is 322 g/mol. The lowest BCUT2D eigenvalue weighted by atomic mass is 9.99. The van der Waals surface area contributed by atoms with E-state index in [4.69, 9.17) is 9.84 Å². The molecule has 0 radical (unpaired) electrons. The zero-order chi connectivity index (χ0) is 16.5. The predicted octanol–water partition coefficient (Wildman–Crippen LogP) is 4.10. The number of nitrogens with zero attached hydrogens (tertiary/aromatic N) is 2. The largest absolute Gasteiger partial charge is 0.478 e. The van der Waals surface area contributed by atoms with Crippen LogP contribution in [0.2, 0.25) is 0 Å². The second-order valence-electron chi connectivity index (χ2n) is 6.08. The molecule has 0 bridgehead atoms. The predicted molar refractivity (Wildman–Crippen MR) is 91.0 cm³/mol. The minimum Gasteiger partial charge on any atom is -0.478 e. The number of hydrogen-bond donors (Lipinski definition) is 1. The van der Waals surface area contributed by atoms with Crippen LogP contribution in [0.25, 0.3) is 21.9 Å². The number of aromatic carboxylic acids is 1. The van der Waals surface area contributed by atoms with E-state index in [0.29, 0.717) is 5.56 Å². The maximum atomic E-state index is 11.2. The van der Waals surface area contributed by atoms with Gasteiger partial charge in [0.05, 0.1) is 11.8 Å². The standard InChI is InChI=1S/C19H18N2O3/c22-19(23)14-7-8-17-13(10-14)4-3-5-16(17)15-11-20-21(12-15)18-6-1-2-9-24-18/h3-5,7-8,10-12,18H,1-2,6,9H2,(H,22,23). The fraction of sp³-hybridized carbons (Fsp3) is 0.263. The second-order valence-corrected chi connectivity index (χ2v) is 6.08. The molecule has 2 aromatic carbocycles. The van der Waals surface area contributed by atoms with Gasteiger partial charge in [-0.05, 0) is 47.7 Å². The van der Waals surface area contributed by atoms with E-state index >= 15 is 0 Å². The van der Waals surface area contributed by atoms with Gasteiger partial charge in [-0.15, -0.1) is 0 Å². The van der Waals surface area contributed by atoms with Crippen molar-refractivity contribution in [3.05, 3.63) is 54.4 Å². The highest BCUT2D eigenvalue weighted by Gasteiger charge is 2.17. The van der Waals surface area contributed by atoms with Crippen LogP contribution in [-0.4, -0.2) is 27.5 Å². The zero-order valence-electron chi connectivity index (χ0n) is 13.2. The van der Waals surface area contributed by atoms with E-state index in [1.807, 2.05) is 41.3 Å². The zero-order valence-corrected chi connectivity index (χ0v) is 13.2. The number of ether oxygens (including phenoxy) is 1. The van der Waals surface area contributed by atoms with Crippen molar-refractivity contribution in [3.63, 3.8) is 0 Å². The maximum Gasteiger partial charge on any atom is 0.335 e. The topological polar surface area (TPSA) is 64.3 Å². The van der Waals surface area contributed by atoms with Gasteiger partial charge in [-0.2, -0.15) is 5.10 Å². The summed E-state index contributed by atoms with van der Waals surface area (Å²) in [6, 6.07) is 11.1. The van der Waals surface area contributed by atoms with Crippen LogP contribution in [0.3, 0.4) is 0 Å². The fourth-order valence-electron chi connectivity index (χ4n) is 3.24. The molecule has 1 aliphatic heterocycles. The van der Waals surface area contributed by atoms with Crippen LogP contribution in [0.5, 0.6) is 0 Å². The molecule has 24 heavy (non-hydrogen) atoms. The summed E-state index contributed by atoms with van der Waals surface area (Å²) in [6.07, 6.45) is 7.12. The van der Waals surface area contributed by atoms with Crippen LogP contribution in [-0.2, 0) is 4.74 Å². The summed E-state index contributed by atoms with van der Waals surface area (Å²) in [5.74, 6) is -0.912. The van der Waals surface area contributed by atoms with Crippen LogP contribution in [0.1, 0.15) is 35.8 Å². The molecule has 2 heterocycles.